The second kappa shape index (κ2) is 6.65. The molecule has 3 aliphatic heterocycles. The van der Waals surface area contributed by atoms with Crippen molar-refractivity contribution in [3.63, 3.8) is 0 Å². The van der Waals surface area contributed by atoms with Crippen LogP contribution in [0.1, 0.15) is 18.4 Å². The molecule has 22 heavy (non-hydrogen) atoms. The average Bonchev–Trinajstić information content (AvgIpc) is 2.75. The molecule has 2 atom stereocenters. The molecule has 3 aliphatic rings. The summed E-state index contributed by atoms with van der Waals surface area (Å²) in [6.07, 6.45) is 2.66. The van der Waals surface area contributed by atoms with Gasteiger partial charge in [0, 0.05) is 32.2 Å². The zero-order valence-corrected chi connectivity index (χ0v) is 14.4. The maximum Gasteiger partial charge on any atom is 0.179 e. The van der Waals surface area contributed by atoms with Gasteiger partial charge >= 0.3 is 0 Å². The van der Waals surface area contributed by atoms with Crippen LogP contribution in [0.3, 0.4) is 0 Å². The number of fused-ring (bicyclic) bond motifs is 4. The van der Waals surface area contributed by atoms with Crippen molar-refractivity contribution in [3.8, 4) is 11.5 Å². The van der Waals surface area contributed by atoms with Crippen molar-refractivity contribution in [1.82, 2.24) is 9.80 Å². The minimum atomic E-state index is 0.616. The van der Waals surface area contributed by atoms with Crippen LogP contribution >= 0.6 is 11.6 Å². The minimum Gasteiger partial charge on any atom is -0.493 e. The van der Waals surface area contributed by atoms with E-state index in [9.17, 15) is 0 Å². The van der Waals surface area contributed by atoms with E-state index < -0.39 is 0 Å². The summed E-state index contributed by atoms with van der Waals surface area (Å²) in [4.78, 5) is 5.08. The van der Waals surface area contributed by atoms with E-state index in [-0.39, 0.29) is 0 Å². The zero-order chi connectivity index (χ0) is 15.7. The Morgan fingerprint density at radius 1 is 1.14 bits per heavy atom. The lowest BCUT2D eigenvalue weighted by atomic mass is 9.94. The fourth-order valence-corrected chi connectivity index (χ4v) is 4.21. The van der Waals surface area contributed by atoms with E-state index in [0.717, 1.165) is 19.0 Å². The Kier molecular flexibility index (Phi) is 4.81. The molecule has 1 aromatic rings. The number of ether oxygens (including phenoxy) is 2. The average molecular weight is 325 g/mol. The van der Waals surface area contributed by atoms with Crippen LogP contribution in [0.15, 0.2) is 12.1 Å². The van der Waals surface area contributed by atoms with Gasteiger partial charge in [0.1, 0.15) is 0 Å². The Hall–Kier alpha value is -0.970. The predicted octanol–water partition coefficient (Wildman–Crippen LogP) is 2.88. The van der Waals surface area contributed by atoms with Gasteiger partial charge in [0.25, 0.3) is 0 Å². The van der Waals surface area contributed by atoms with Crippen LogP contribution in [0, 0.1) is 5.92 Å². The molecular weight excluding hydrogens is 300 g/mol. The molecule has 3 heterocycles. The fraction of sp³-hybridized carbons (Fsp3) is 0.647. The normalized spacial score (nSPS) is 26.0. The summed E-state index contributed by atoms with van der Waals surface area (Å²) in [6, 6.07) is 4.70. The summed E-state index contributed by atoms with van der Waals surface area (Å²) >= 11 is 6.33. The van der Waals surface area contributed by atoms with Gasteiger partial charge in [-0.2, -0.15) is 0 Å². The summed E-state index contributed by atoms with van der Waals surface area (Å²) < 4.78 is 10.7. The van der Waals surface area contributed by atoms with E-state index in [4.69, 9.17) is 21.1 Å². The van der Waals surface area contributed by atoms with E-state index >= 15 is 0 Å². The lowest BCUT2D eigenvalue weighted by Gasteiger charge is -2.36. The number of nitrogens with zero attached hydrogens (tertiary/aromatic N) is 2. The van der Waals surface area contributed by atoms with Gasteiger partial charge in [-0.05, 0) is 43.5 Å². The molecule has 0 saturated carbocycles. The Bertz CT molecular complexity index is 538. The number of benzene rings is 1. The Balaban J connectivity index is 1.80. The van der Waals surface area contributed by atoms with E-state index in [2.05, 4.69) is 16.8 Å². The highest BCUT2D eigenvalue weighted by Crippen LogP contribution is 2.37. The van der Waals surface area contributed by atoms with Crippen molar-refractivity contribution in [2.75, 3.05) is 40.9 Å². The summed E-state index contributed by atoms with van der Waals surface area (Å²) in [5.41, 5.74) is 1.19. The highest BCUT2D eigenvalue weighted by atomic mass is 35.5. The third kappa shape index (κ3) is 3.19. The van der Waals surface area contributed by atoms with Gasteiger partial charge in [0.05, 0.1) is 19.2 Å². The lowest BCUT2D eigenvalue weighted by Crippen LogP contribution is -2.43. The molecule has 0 radical (unpaired) electrons. The van der Waals surface area contributed by atoms with Crippen LogP contribution in [0.25, 0.3) is 0 Å². The number of rotatable bonds is 4. The molecule has 0 aliphatic carbocycles. The third-order valence-electron chi connectivity index (χ3n) is 4.89. The highest BCUT2D eigenvalue weighted by molar-refractivity contribution is 6.32. The monoisotopic (exact) mass is 324 g/mol. The zero-order valence-electron chi connectivity index (χ0n) is 13.6. The molecule has 3 saturated heterocycles. The Labute approximate surface area is 137 Å². The second-order valence-electron chi connectivity index (χ2n) is 6.56. The molecule has 0 amide bonds. The van der Waals surface area contributed by atoms with Crippen molar-refractivity contribution in [2.45, 2.75) is 25.4 Å². The van der Waals surface area contributed by atoms with Crippen LogP contribution in [-0.2, 0) is 6.54 Å². The summed E-state index contributed by atoms with van der Waals surface area (Å²) in [7, 11) is 5.51. The van der Waals surface area contributed by atoms with Gasteiger partial charge in [0.15, 0.2) is 11.5 Å². The lowest BCUT2D eigenvalue weighted by molar-refractivity contribution is 0.124. The molecule has 4 rings (SSSR count). The van der Waals surface area contributed by atoms with Crippen LogP contribution in [0.2, 0.25) is 5.02 Å². The molecule has 5 heteroatoms. The van der Waals surface area contributed by atoms with Gasteiger partial charge < -0.3 is 14.4 Å². The van der Waals surface area contributed by atoms with E-state index in [1.807, 2.05) is 12.1 Å². The van der Waals surface area contributed by atoms with Crippen molar-refractivity contribution < 1.29 is 9.47 Å². The van der Waals surface area contributed by atoms with Gasteiger partial charge in [-0.15, -0.1) is 0 Å². The fourth-order valence-electron chi connectivity index (χ4n) is 3.90. The SMILES string of the molecule is COc1cc(CN2C[C@@H]3CC[C@H]2CN(C)C3)cc(Cl)c1OC. The molecule has 1 aromatic carbocycles. The van der Waals surface area contributed by atoms with Gasteiger partial charge in [-0.25, -0.2) is 0 Å². The second-order valence-corrected chi connectivity index (χ2v) is 6.97. The summed E-state index contributed by atoms with van der Waals surface area (Å²) in [5.74, 6) is 2.12. The van der Waals surface area contributed by atoms with Crippen LogP contribution in [0.5, 0.6) is 11.5 Å². The Morgan fingerprint density at radius 3 is 2.68 bits per heavy atom. The molecule has 2 bridgehead atoms. The smallest absolute Gasteiger partial charge is 0.179 e. The van der Waals surface area contributed by atoms with Crippen molar-refractivity contribution in [3.05, 3.63) is 22.7 Å². The van der Waals surface area contributed by atoms with E-state index in [0.29, 0.717) is 22.6 Å². The first-order chi connectivity index (χ1) is 10.6. The van der Waals surface area contributed by atoms with Crippen molar-refractivity contribution in [1.29, 1.82) is 0 Å². The minimum absolute atomic E-state index is 0.616. The largest absolute Gasteiger partial charge is 0.493 e. The molecular formula is C17H25ClN2O2. The maximum absolute atomic E-state index is 6.33. The van der Waals surface area contributed by atoms with Crippen LogP contribution < -0.4 is 9.47 Å². The first-order valence-corrected chi connectivity index (χ1v) is 8.31. The van der Waals surface area contributed by atoms with E-state index in [1.54, 1.807) is 14.2 Å². The van der Waals surface area contributed by atoms with Gasteiger partial charge in [-0.1, -0.05) is 11.6 Å². The van der Waals surface area contributed by atoms with Gasteiger partial charge in [-0.3, -0.25) is 4.90 Å². The van der Waals surface area contributed by atoms with Crippen LogP contribution in [-0.4, -0.2) is 56.7 Å². The number of halogens is 1. The molecule has 4 nitrogen and oxygen atoms in total. The van der Waals surface area contributed by atoms with Gasteiger partial charge in [0.2, 0.25) is 0 Å². The van der Waals surface area contributed by atoms with Crippen molar-refractivity contribution in [2.24, 2.45) is 5.92 Å². The number of likely N-dealkylation sites (N-methyl/N-ethyl adjacent to an activating group) is 1. The molecule has 3 fully saturated rings. The molecule has 0 unspecified atom stereocenters. The first-order valence-electron chi connectivity index (χ1n) is 7.93. The Morgan fingerprint density at radius 2 is 1.95 bits per heavy atom. The standard InChI is InChI=1S/C17H25ClN2O2/c1-19-8-12-4-5-14(11-19)20(9-12)10-13-6-15(18)17(22-3)16(7-13)21-2/h6-7,12,14H,4-5,8-11H2,1-3H3/t12-,14+/m1/s1. The quantitative estimate of drug-likeness (QED) is 0.850. The first kappa shape index (κ1) is 15.9. The molecule has 0 aromatic heterocycles. The highest BCUT2D eigenvalue weighted by Gasteiger charge is 2.33. The van der Waals surface area contributed by atoms with Crippen LogP contribution in [0.4, 0.5) is 0 Å². The topological polar surface area (TPSA) is 24.9 Å². The van der Waals surface area contributed by atoms with E-state index in [1.165, 1.54) is 31.5 Å². The summed E-state index contributed by atoms with van der Waals surface area (Å²) in [5, 5.41) is 0.619. The third-order valence-corrected chi connectivity index (χ3v) is 5.17. The number of methoxy groups -OCH3 is 2. The molecule has 0 N–H and O–H groups in total. The number of hydrogen-bond donors (Lipinski definition) is 0. The number of hydrogen-bond acceptors (Lipinski definition) is 4. The predicted molar refractivity (Wildman–Crippen MR) is 89.0 cm³/mol. The molecule has 0 spiro atoms. The van der Waals surface area contributed by atoms with Crippen molar-refractivity contribution >= 4 is 11.6 Å². The summed E-state index contributed by atoms with van der Waals surface area (Å²) in [6.45, 7) is 4.49. The molecule has 122 valence electrons. The number of piperidine rings is 1. The maximum atomic E-state index is 6.33.